The number of nitrogens with one attached hydrogen (secondary N) is 1. The molecule has 19 heavy (non-hydrogen) atoms. The van der Waals surface area contributed by atoms with Crippen LogP contribution in [0.25, 0.3) is 0 Å². The summed E-state index contributed by atoms with van der Waals surface area (Å²) in [6, 6.07) is -1.80. The Hall–Kier alpha value is -1.15. The van der Waals surface area contributed by atoms with Gasteiger partial charge in [-0.1, -0.05) is 13.8 Å². The van der Waals surface area contributed by atoms with Crippen LogP contribution in [0.5, 0.6) is 0 Å². The number of hydrogen-bond donors (Lipinski definition) is 2. The molecule has 0 radical (unpaired) electrons. The lowest BCUT2D eigenvalue weighted by Crippen LogP contribution is -2.52. The maximum Gasteiger partial charge on any atom is 0.326 e. The van der Waals surface area contributed by atoms with Gasteiger partial charge in [0, 0.05) is 6.54 Å². The van der Waals surface area contributed by atoms with Gasteiger partial charge in [0.1, 0.15) is 12.1 Å². The van der Waals surface area contributed by atoms with Gasteiger partial charge >= 0.3 is 5.97 Å². The Bertz CT molecular complexity index is 460. The summed E-state index contributed by atoms with van der Waals surface area (Å²) in [5.41, 5.74) is 0. The Balaban J connectivity index is 2.80. The van der Waals surface area contributed by atoms with Gasteiger partial charge in [-0.2, -0.15) is 4.31 Å². The third kappa shape index (κ3) is 3.90. The van der Waals surface area contributed by atoms with Crippen molar-refractivity contribution >= 4 is 21.9 Å². The first-order valence-electron chi connectivity index (χ1n) is 6.14. The number of carboxylic acids is 1. The minimum atomic E-state index is -3.45. The standard InChI is InChI=1S/C11H20N2O5S/c1-7(2)9(11(15)16)12-10(14)8-5-4-6-13(8)19(3,17)18/h7-9H,4-6H2,1-3H3,(H,12,14)(H,15,16)/t8?,9-/m0/s1. The quantitative estimate of drug-likeness (QED) is 0.720. The molecule has 110 valence electrons. The highest BCUT2D eigenvalue weighted by molar-refractivity contribution is 7.88. The van der Waals surface area contributed by atoms with Crippen LogP contribution in [0, 0.1) is 5.92 Å². The van der Waals surface area contributed by atoms with Gasteiger partial charge in [0.05, 0.1) is 6.26 Å². The Kier molecular flexibility index (Phi) is 4.92. The van der Waals surface area contributed by atoms with Crippen LogP contribution < -0.4 is 5.32 Å². The van der Waals surface area contributed by atoms with Crippen molar-refractivity contribution in [2.45, 2.75) is 38.8 Å². The van der Waals surface area contributed by atoms with E-state index in [2.05, 4.69) is 5.32 Å². The SMILES string of the molecule is CC(C)[C@H](NC(=O)C1CCCN1S(C)(=O)=O)C(=O)O. The van der Waals surface area contributed by atoms with Crippen molar-refractivity contribution in [2.24, 2.45) is 5.92 Å². The van der Waals surface area contributed by atoms with Crippen LogP contribution in [0.2, 0.25) is 0 Å². The van der Waals surface area contributed by atoms with Crippen LogP contribution in [-0.4, -0.2) is 54.6 Å². The van der Waals surface area contributed by atoms with E-state index in [1.165, 1.54) is 0 Å². The number of hydrogen-bond acceptors (Lipinski definition) is 4. The van der Waals surface area contributed by atoms with Gasteiger partial charge in [0.25, 0.3) is 0 Å². The number of carbonyl (C=O) groups is 2. The predicted molar refractivity (Wildman–Crippen MR) is 69.0 cm³/mol. The Morgan fingerprint density at radius 2 is 1.95 bits per heavy atom. The summed E-state index contributed by atoms with van der Waals surface area (Å²) in [5, 5.41) is 11.4. The fourth-order valence-electron chi connectivity index (χ4n) is 2.16. The van der Waals surface area contributed by atoms with Crippen LogP contribution in [0.3, 0.4) is 0 Å². The smallest absolute Gasteiger partial charge is 0.326 e. The second-order valence-corrected chi connectivity index (χ2v) is 7.04. The van der Waals surface area contributed by atoms with Crippen LogP contribution in [0.1, 0.15) is 26.7 Å². The summed E-state index contributed by atoms with van der Waals surface area (Å²) < 4.78 is 24.2. The summed E-state index contributed by atoms with van der Waals surface area (Å²) in [7, 11) is -3.45. The molecule has 1 rings (SSSR count). The second-order valence-electron chi connectivity index (χ2n) is 5.10. The van der Waals surface area contributed by atoms with Crippen LogP contribution >= 0.6 is 0 Å². The molecular formula is C11H20N2O5S. The van der Waals surface area contributed by atoms with Crippen molar-refractivity contribution in [3.8, 4) is 0 Å². The number of sulfonamides is 1. The van der Waals surface area contributed by atoms with Gasteiger partial charge in [0.2, 0.25) is 15.9 Å². The molecule has 0 bridgehead atoms. The number of carbonyl (C=O) groups excluding carboxylic acids is 1. The first-order chi connectivity index (χ1) is 8.64. The van der Waals surface area contributed by atoms with Crippen molar-refractivity contribution in [1.82, 2.24) is 9.62 Å². The topological polar surface area (TPSA) is 104 Å². The Labute approximate surface area is 113 Å². The summed E-state index contributed by atoms with van der Waals surface area (Å²) in [4.78, 5) is 23.1. The summed E-state index contributed by atoms with van der Waals surface area (Å²) >= 11 is 0. The average Bonchev–Trinajstić information content (AvgIpc) is 2.72. The van der Waals surface area contributed by atoms with E-state index in [0.29, 0.717) is 19.4 Å². The third-order valence-electron chi connectivity index (χ3n) is 3.16. The van der Waals surface area contributed by atoms with Gasteiger partial charge in [-0.05, 0) is 18.8 Å². The fraction of sp³-hybridized carbons (Fsp3) is 0.818. The van der Waals surface area contributed by atoms with Crippen molar-refractivity contribution < 1.29 is 23.1 Å². The Morgan fingerprint density at radius 3 is 2.37 bits per heavy atom. The highest BCUT2D eigenvalue weighted by Gasteiger charge is 2.38. The molecule has 0 aromatic carbocycles. The van der Waals surface area contributed by atoms with E-state index >= 15 is 0 Å². The largest absolute Gasteiger partial charge is 0.480 e. The highest BCUT2D eigenvalue weighted by atomic mass is 32.2. The summed E-state index contributed by atoms with van der Waals surface area (Å²) in [6.07, 6.45) is 2.07. The molecule has 1 unspecified atom stereocenters. The van der Waals surface area contributed by atoms with E-state index in [1.54, 1.807) is 13.8 Å². The number of aliphatic carboxylic acids is 1. The minimum absolute atomic E-state index is 0.269. The zero-order valence-corrected chi connectivity index (χ0v) is 12.1. The molecule has 1 heterocycles. The zero-order chi connectivity index (χ0) is 14.8. The average molecular weight is 292 g/mol. The normalized spacial score (nSPS) is 22.4. The fourth-order valence-corrected chi connectivity index (χ4v) is 3.29. The second kappa shape index (κ2) is 5.87. The molecule has 0 aliphatic carbocycles. The van der Waals surface area contributed by atoms with Crippen molar-refractivity contribution in [3.63, 3.8) is 0 Å². The van der Waals surface area contributed by atoms with Gasteiger partial charge in [-0.3, -0.25) is 4.79 Å². The predicted octanol–water partition coefficient (Wildman–Crippen LogP) is -0.364. The van der Waals surface area contributed by atoms with E-state index < -0.39 is 34.0 Å². The maximum absolute atomic E-state index is 12.0. The van der Waals surface area contributed by atoms with Crippen LogP contribution in [0.4, 0.5) is 0 Å². The molecule has 2 atom stereocenters. The van der Waals surface area contributed by atoms with Gasteiger partial charge in [0.15, 0.2) is 0 Å². The lowest BCUT2D eigenvalue weighted by atomic mass is 10.0. The van der Waals surface area contributed by atoms with Gasteiger partial charge in [-0.15, -0.1) is 0 Å². The van der Waals surface area contributed by atoms with Crippen molar-refractivity contribution in [2.75, 3.05) is 12.8 Å². The summed E-state index contributed by atoms with van der Waals surface area (Å²) in [5.74, 6) is -1.93. The number of carboxylic acid groups (broad SMARTS) is 1. The first kappa shape index (κ1) is 15.9. The van der Waals surface area contributed by atoms with Gasteiger partial charge < -0.3 is 10.4 Å². The van der Waals surface area contributed by atoms with Gasteiger partial charge in [-0.25, -0.2) is 13.2 Å². The maximum atomic E-state index is 12.0. The van der Waals surface area contributed by atoms with Crippen LogP contribution in [0.15, 0.2) is 0 Å². The monoisotopic (exact) mass is 292 g/mol. The first-order valence-corrected chi connectivity index (χ1v) is 7.99. The van der Waals surface area contributed by atoms with E-state index in [0.717, 1.165) is 10.6 Å². The van der Waals surface area contributed by atoms with Crippen molar-refractivity contribution in [3.05, 3.63) is 0 Å². The number of rotatable bonds is 5. The molecule has 0 saturated carbocycles. The summed E-state index contributed by atoms with van der Waals surface area (Å²) in [6.45, 7) is 3.67. The molecule has 1 aliphatic heterocycles. The molecule has 1 fully saturated rings. The number of amides is 1. The molecule has 2 N–H and O–H groups in total. The van der Waals surface area contributed by atoms with E-state index in [-0.39, 0.29) is 5.92 Å². The molecule has 1 aliphatic rings. The van der Waals surface area contributed by atoms with E-state index in [4.69, 9.17) is 5.11 Å². The van der Waals surface area contributed by atoms with E-state index in [1.807, 2.05) is 0 Å². The molecule has 1 amide bonds. The molecular weight excluding hydrogens is 272 g/mol. The molecule has 0 aromatic heterocycles. The number of nitrogens with zero attached hydrogens (tertiary/aromatic N) is 1. The molecule has 1 saturated heterocycles. The van der Waals surface area contributed by atoms with Crippen molar-refractivity contribution in [1.29, 1.82) is 0 Å². The molecule has 8 heteroatoms. The minimum Gasteiger partial charge on any atom is -0.480 e. The Morgan fingerprint density at radius 1 is 1.37 bits per heavy atom. The lowest BCUT2D eigenvalue weighted by molar-refractivity contribution is -0.143. The van der Waals surface area contributed by atoms with Crippen LogP contribution in [-0.2, 0) is 19.6 Å². The van der Waals surface area contributed by atoms with E-state index in [9.17, 15) is 18.0 Å². The molecule has 0 aromatic rings. The molecule has 0 spiro atoms. The zero-order valence-electron chi connectivity index (χ0n) is 11.3. The lowest BCUT2D eigenvalue weighted by Gasteiger charge is -2.24. The highest BCUT2D eigenvalue weighted by Crippen LogP contribution is 2.20. The molecule has 7 nitrogen and oxygen atoms in total. The third-order valence-corrected chi connectivity index (χ3v) is 4.45.